The van der Waals surface area contributed by atoms with Crippen LogP contribution in [0.2, 0.25) is 0 Å². The lowest BCUT2D eigenvalue weighted by atomic mass is 9.65. The van der Waals surface area contributed by atoms with Gasteiger partial charge in [-0.15, -0.1) is 0 Å². The SMILES string of the molecule is CCCNCC1(Cc2cc(C)ccc2C)CCC1. The Balaban J connectivity index is 2.03. The monoisotopic (exact) mass is 245 g/mol. The highest BCUT2D eigenvalue weighted by Gasteiger charge is 2.36. The highest BCUT2D eigenvalue weighted by Crippen LogP contribution is 2.43. The molecular weight excluding hydrogens is 218 g/mol. The first-order chi connectivity index (χ1) is 8.65. The van der Waals surface area contributed by atoms with Crippen LogP contribution in [0, 0.1) is 19.3 Å². The highest BCUT2D eigenvalue weighted by atomic mass is 14.9. The molecule has 0 amide bonds. The maximum atomic E-state index is 3.63. The summed E-state index contributed by atoms with van der Waals surface area (Å²) in [5.41, 5.74) is 4.97. The van der Waals surface area contributed by atoms with Gasteiger partial charge in [0.1, 0.15) is 0 Å². The van der Waals surface area contributed by atoms with E-state index in [9.17, 15) is 0 Å². The molecule has 1 aliphatic carbocycles. The van der Waals surface area contributed by atoms with Crippen molar-refractivity contribution < 1.29 is 0 Å². The summed E-state index contributed by atoms with van der Waals surface area (Å²) in [5, 5.41) is 3.63. The zero-order valence-electron chi connectivity index (χ0n) is 12.2. The van der Waals surface area contributed by atoms with Gasteiger partial charge in [-0.25, -0.2) is 0 Å². The van der Waals surface area contributed by atoms with Crippen LogP contribution in [0.5, 0.6) is 0 Å². The topological polar surface area (TPSA) is 12.0 Å². The summed E-state index contributed by atoms with van der Waals surface area (Å²) < 4.78 is 0. The first-order valence-corrected chi connectivity index (χ1v) is 7.42. The summed E-state index contributed by atoms with van der Waals surface area (Å²) in [6.07, 6.45) is 6.71. The smallest absolute Gasteiger partial charge is 0.00110 e. The lowest BCUT2D eigenvalue weighted by Gasteiger charge is -2.43. The Bertz CT molecular complexity index is 391. The van der Waals surface area contributed by atoms with Gasteiger partial charge in [-0.2, -0.15) is 0 Å². The molecule has 100 valence electrons. The molecule has 0 unspecified atom stereocenters. The lowest BCUT2D eigenvalue weighted by molar-refractivity contribution is 0.130. The minimum atomic E-state index is 0.549. The van der Waals surface area contributed by atoms with E-state index < -0.39 is 0 Å². The molecule has 0 aliphatic heterocycles. The number of benzene rings is 1. The van der Waals surface area contributed by atoms with Gasteiger partial charge in [0.25, 0.3) is 0 Å². The van der Waals surface area contributed by atoms with E-state index in [1.54, 1.807) is 5.56 Å². The molecule has 1 N–H and O–H groups in total. The fraction of sp³-hybridized carbons (Fsp3) is 0.647. The average Bonchev–Trinajstić information content (AvgIpc) is 2.30. The zero-order valence-corrected chi connectivity index (χ0v) is 12.2. The van der Waals surface area contributed by atoms with E-state index in [1.165, 1.54) is 49.8 Å². The van der Waals surface area contributed by atoms with Gasteiger partial charge in [0.2, 0.25) is 0 Å². The van der Waals surface area contributed by atoms with Gasteiger partial charge in [-0.05, 0) is 62.6 Å². The Hall–Kier alpha value is -0.820. The molecule has 1 nitrogen and oxygen atoms in total. The zero-order chi connectivity index (χ0) is 13.0. The number of nitrogens with one attached hydrogen (secondary N) is 1. The van der Waals surface area contributed by atoms with Crippen molar-refractivity contribution in [3.8, 4) is 0 Å². The van der Waals surface area contributed by atoms with Gasteiger partial charge in [-0.3, -0.25) is 0 Å². The number of hydrogen-bond acceptors (Lipinski definition) is 1. The van der Waals surface area contributed by atoms with Crippen LogP contribution in [0.4, 0.5) is 0 Å². The molecule has 18 heavy (non-hydrogen) atoms. The highest BCUT2D eigenvalue weighted by molar-refractivity contribution is 5.31. The molecule has 1 saturated carbocycles. The second-order valence-corrected chi connectivity index (χ2v) is 6.14. The van der Waals surface area contributed by atoms with Crippen LogP contribution < -0.4 is 5.32 Å². The van der Waals surface area contributed by atoms with Crippen molar-refractivity contribution in [1.82, 2.24) is 5.32 Å². The van der Waals surface area contributed by atoms with Gasteiger partial charge in [0, 0.05) is 6.54 Å². The summed E-state index contributed by atoms with van der Waals surface area (Å²) >= 11 is 0. The Labute approximate surface area is 112 Å². The Morgan fingerprint density at radius 2 is 2.00 bits per heavy atom. The van der Waals surface area contributed by atoms with Crippen molar-refractivity contribution in [2.75, 3.05) is 13.1 Å². The predicted molar refractivity (Wildman–Crippen MR) is 79.1 cm³/mol. The molecule has 2 rings (SSSR count). The van der Waals surface area contributed by atoms with Crippen molar-refractivity contribution in [2.45, 2.75) is 52.9 Å². The van der Waals surface area contributed by atoms with Crippen LogP contribution in [-0.4, -0.2) is 13.1 Å². The normalized spacial score (nSPS) is 17.5. The van der Waals surface area contributed by atoms with Gasteiger partial charge >= 0.3 is 0 Å². The van der Waals surface area contributed by atoms with E-state index in [2.05, 4.69) is 44.3 Å². The van der Waals surface area contributed by atoms with Gasteiger partial charge in [0.15, 0.2) is 0 Å². The Kier molecular flexibility index (Phi) is 4.45. The van der Waals surface area contributed by atoms with Gasteiger partial charge < -0.3 is 5.32 Å². The van der Waals surface area contributed by atoms with Crippen LogP contribution in [0.15, 0.2) is 18.2 Å². The lowest BCUT2D eigenvalue weighted by Crippen LogP contribution is -2.42. The summed E-state index contributed by atoms with van der Waals surface area (Å²) in [6.45, 7) is 9.06. The average molecular weight is 245 g/mol. The van der Waals surface area contributed by atoms with E-state index in [0.29, 0.717) is 5.41 Å². The minimum Gasteiger partial charge on any atom is -0.316 e. The van der Waals surface area contributed by atoms with Crippen molar-refractivity contribution in [2.24, 2.45) is 5.41 Å². The fourth-order valence-electron chi connectivity index (χ4n) is 3.02. The second kappa shape index (κ2) is 5.88. The number of hydrogen-bond donors (Lipinski definition) is 1. The molecule has 0 saturated heterocycles. The number of aryl methyl sites for hydroxylation is 2. The predicted octanol–water partition coefficient (Wildman–Crippen LogP) is 4.02. The maximum absolute atomic E-state index is 3.63. The molecular formula is C17H27N. The minimum absolute atomic E-state index is 0.549. The summed E-state index contributed by atoms with van der Waals surface area (Å²) in [7, 11) is 0. The van der Waals surface area contributed by atoms with Crippen molar-refractivity contribution >= 4 is 0 Å². The van der Waals surface area contributed by atoms with E-state index in [1.807, 2.05) is 0 Å². The molecule has 1 aliphatic rings. The molecule has 0 radical (unpaired) electrons. The molecule has 1 heteroatoms. The van der Waals surface area contributed by atoms with Crippen LogP contribution in [0.25, 0.3) is 0 Å². The molecule has 1 aromatic rings. The van der Waals surface area contributed by atoms with E-state index in [-0.39, 0.29) is 0 Å². The van der Waals surface area contributed by atoms with E-state index in [4.69, 9.17) is 0 Å². The largest absolute Gasteiger partial charge is 0.316 e. The van der Waals surface area contributed by atoms with Crippen LogP contribution >= 0.6 is 0 Å². The quantitative estimate of drug-likeness (QED) is 0.747. The van der Waals surface area contributed by atoms with Crippen molar-refractivity contribution in [3.05, 3.63) is 34.9 Å². The fourth-order valence-corrected chi connectivity index (χ4v) is 3.02. The summed E-state index contributed by atoms with van der Waals surface area (Å²) in [4.78, 5) is 0. The number of rotatable bonds is 6. The van der Waals surface area contributed by atoms with Crippen molar-refractivity contribution in [1.29, 1.82) is 0 Å². The van der Waals surface area contributed by atoms with E-state index in [0.717, 1.165) is 6.54 Å². The summed E-state index contributed by atoms with van der Waals surface area (Å²) in [6, 6.07) is 6.88. The van der Waals surface area contributed by atoms with Gasteiger partial charge in [-0.1, -0.05) is 37.1 Å². The molecule has 0 heterocycles. The molecule has 1 fully saturated rings. The molecule has 0 atom stereocenters. The van der Waals surface area contributed by atoms with Crippen molar-refractivity contribution in [3.63, 3.8) is 0 Å². The Morgan fingerprint density at radius 3 is 2.61 bits per heavy atom. The Morgan fingerprint density at radius 1 is 1.22 bits per heavy atom. The van der Waals surface area contributed by atoms with Crippen LogP contribution in [-0.2, 0) is 6.42 Å². The van der Waals surface area contributed by atoms with Crippen LogP contribution in [0.3, 0.4) is 0 Å². The molecule has 1 aromatic carbocycles. The van der Waals surface area contributed by atoms with E-state index >= 15 is 0 Å². The van der Waals surface area contributed by atoms with Gasteiger partial charge in [0.05, 0.1) is 0 Å². The second-order valence-electron chi connectivity index (χ2n) is 6.14. The third kappa shape index (κ3) is 3.14. The molecule has 0 aromatic heterocycles. The third-order valence-electron chi connectivity index (χ3n) is 4.41. The first-order valence-electron chi connectivity index (χ1n) is 7.42. The maximum Gasteiger partial charge on any atom is 0.00110 e. The molecule has 0 bridgehead atoms. The third-order valence-corrected chi connectivity index (χ3v) is 4.41. The molecule has 0 spiro atoms. The standard InChI is InChI=1S/C17H27N/c1-4-10-18-13-17(8-5-9-17)12-16-11-14(2)6-7-15(16)3/h6-7,11,18H,4-5,8-10,12-13H2,1-3H3. The first kappa shape index (κ1) is 13.6. The summed E-state index contributed by atoms with van der Waals surface area (Å²) in [5.74, 6) is 0. The van der Waals surface area contributed by atoms with Crippen LogP contribution in [0.1, 0.15) is 49.3 Å².